The van der Waals surface area contributed by atoms with Crippen molar-refractivity contribution in [2.24, 2.45) is 7.05 Å². The van der Waals surface area contributed by atoms with E-state index in [9.17, 15) is 0 Å². The summed E-state index contributed by atoms with van der Waals surface area (Å²) in [5.41, 5.74) is 4.39. The molecule has 0 aliphatic rings. The van der Waals surface area contributed by atoms with Gasteiger partial charge in [0.25, 0.3) is 0 Å². The van der Waals surface area contributed by atoms with E-state index in [2.05, 4.69) is 42.2 Å². The van der Waals surface area contributed by atoms with Crippen molar-refractivity contribution in [1.82, 2.24) is 20.1 Å². The molecule has 5 heteroatoms. The Bertz CT molecular complexity index is 606. The van der Waals surface area contributed by atoms with Crippen LogP contribution in [-0.4, -0.2) is 21.3 Å². The van der Waals surface area contributed by atoms with Crippen LogP contribution in [0.5, 0.6) is 0 Å². The van der Waals surface area contributed by atoms with Gasteiger partial charge in [-0.3, -0.25) is 9.67 Å². The second-order valence-corrected chi connectivity index (χ2v) is 5.67. The Morgan fingerprint density at radius 2 is 2.10 bits per heavy atom. The van der Waals surface area contributed by atoms with Gasteiger partial charge < -0.3 is 5.32 Å². The van der Waals surface area contributed by atoms with Crippen molar-refractivity contribution in [3.05, 3.63) is 46.0 Å². The Morgan fingerprint density at radius 1 is 1.33 bits per heavy atom. The highest BCUT2D eigenvalue weighted by Crippen LogP contribution is 2.26. The SMILES string of the molecule is CCNC(Cc1c(Cl)c(CC)nn1C)c1cncc(C)c1. The molecular weight excluding hydrogens is 284 g/mol. The van der Waals surface area contributed by atoms with Crippen LogP contribution in [0.4, 0.5) is 0 Å². The van der Waals surface area contributed by atoms with E-state index < -0.39 is 0 Å². The molecule has 0 saturated heterocycles. The monoisotopic (exact) mass is 306 g/mol. The van der Waals surface area contributed by atoms with Crippen molar-refractivity contribution in [2.45, 2.75) is 39.7 Å². The van der Waals surface area contributed by atoms with Gasteiger partial charge in [-0.1, -0.05) is 31.5 Å². The standard InChI is InChI=1S/C16H23ClN4/c1-5-13-16(17)15(21(4)20-13)8-14(19-6-2)12-7-11(3)9-18-10-12/h7,9-10,14,19H,5-6,8H2,1-4H3. The molecule has 21 heavy (non-hydrogen) atoms. The summed E-state index contributed by atoms with van der Waals surface area (Å²) < 4.78 is 1.90. The van der Waals surface area contributed by atoms with E-state index in [1.54, 1.807) is 0 Å². The second-order valence-electron chi connectivity index (χ2n) is 5.29. The number of likely N-dealkylation sites (N-methyl/N-ethyl adjacent to an activating group) is 1. The molecule has 0 radical (unpaired) electrons. The van der Waals surface area contributed by atoms with Gasteiger partial charge >= 0.3 is 0 Å². The van der Waals surface area contributed by atoms with E-state index in [0.29, 0.717) is 0 Å². The minimum atomic E-state index is 0.194. The fourth-order valence-electron chi connectivity index (χ4n) is 2.56. The molecule has 0 aromatic carbocycles. The van der Waals surface area contributed by atoms with E-state index in [-0.39, 0.29) is 6.04 Å². The van der Waals surface area contributed by atoms with Gasteiger partial charge in [0.15, 0.2) is 0 Å². The van der Waals surface area contributed by atoms with Crippen LogP contribution in [0.15, 0.2) is 18.5 Å². The van der Waals surface area contributed by atoms with E-state index in [0.717, 1.165) is 35.8 Å². The summed E-state index contributed by atoms with van der Waals surface area (Å²) in [5, 5.41) is 8.81. The van der Waals surface area contributed by atoms with Crippen molar-refractivity contribution in [1.29, 1.82) is 0 Å². The van der Waals surface area contributed by atoms with Crippen LogP contribution in [0.2, 0.25) is 5.02 Å². The summed E-state index contributed by atoms with van der Waals surface area (Å²) in [4.78, 5) is 4.30. The first-order chi connectivity index (χ1) is 10.1. The molecule has 0 aliphatic heterocycles. The molecule has 0 bridgehead atoms. The molecule has 2 aromatic rings. The van der Waals surface area contributed by atoms with Crippen molar-refractivity contribution in [3.8, 4) is 0 Å². The number of hydrogen-bond acceptors (Lipinski definition) is 3. The molecule has 1 atom stereocenters. The fraction of sp³-hybridized carbons (Fsp3) is 0.500. The zero-order valence-corrected chi connectivity index (χ0v) is 13.9. The van der Waals surface area contributed by atoms with Crippen LogP contribution >= 0.6 is 11.6 Å². The minimum Gasteiger partial charge on any atom is -0.310 e. The summed E-state index contributed by atoms with van der Waals surface area (Å²) in [6.07, 6.45) is 5.45. The van der Waals surface area contributed by atoms with E-state index >= 15 is 0 Å². The van der Waals surface area contributed by atoms with E-state index in [4.69, 9.17) is 11.6 Å². The van der Waals surface area contributed by atoms with Crippen molar-refractivity contribution in [2.75, 3.05) is 6.54 Å². The van der Waals surface area contributed by atoms with Gasteiger partial charge in [0.1, 0.15) is 0 Å². The number of rotatable bonds is 6. The normalized spacial score (nSPS) is 12.6. The Kier molecular flexibility index (Phi) is 5.37. The quantitative estimate of drug-likeness (QED) is 0.891. The smallest absolute Gasteiger partial charge is 0.0850 e. The summed E-state index contributed by atoms with van der Waals surface area (Å²) in [6.45, 7) is 7.14. The lowest BCUT2D eigenvalue weighted by Gasteiger charge is -2.19. The predicted octanol–water partition coefficient (Wildman–Crippen LogP) is 3.23. The van der Waals surface area contributed by atoms with Gasteiger partial charge in [-0.15, -0.1) is 0 Å². The van der Waals surface area contributed by atoms with Gasteiger partial charge in [0.2, 0.25) is 0 Å². The Morgan fingerprint density at radius 3 is 2.67 bits per heavy atom. The molecule has 2 aromatic heterocycles. The number of nitrogens with zero attached hydrogens (tertiary/aromatic N) is 3. The lowest BCUT2D eigenvalue weighted by atomic mass is 10.0. The average molecular weight is 307 g/mol. The molecule has 2 rings (SSSR count). The molecule has 4 nitrogen and oxygen atoms in total. The first-order valence-corrected chi connectivity index (χ1v) is 7.79. The van der Waals surface area contributed by atoms with Gasteiger partial charge in [-0.2, -0.15) is 5.10 Å². The van der Waals surface area contributed by atoms with E-state index in [1.807, 2.05) is 24.1 Å². The third-order valence-electron chi connectivity index (χ3n) is 3.65. The largest absolute Gasteiger partial charge is 0.310 e. The number of aryl methyl sites for hydroxylation is 3. The molecule has 0 saturated carbocycles. The maximum absolute atomic E-state index is 6.47. The summed E-state index contributed by atoms with van der Waals surface area (Å²) in [7, 11) is 1.96. The highest BCUT2D eigenvalue weighted by atomic mass is 35.5. The number of halogens is 1. The van der Waals surface area contributed by atoms with Crippen LogP contribution in [0.1, 0.15) is 42.4 Å². The Balaban J connectivity index is 2.30. The van der Waals surface area contributed by atoms with Crippen molar-refractivity contribution < 1.29 is 0 Å². The molecular formula is C16H23ClN4. The Labute approximate surface area is 131 Å². The maximum atomic E-state index is 6.47. The molecule has 0 aliphatic carbocycles. The number of pyridine rings is 1. The maximum Gasteiger partial charge on any atom is 0.0850 e. The molecule has 2 heterocycles. The lowest BCUT2D eigenvalue weighted by Crippen LogP contribution is -2.24. The zero-order valence-electron chi connectivity index (χ0n) is 13.2. The van der Waals surface area contributed by atoms with Crippen molar-refractivity contribution in [3.63, 3.8) is 0 Å². The molecule has 0 spiro atoms. The highest BCUT2D eigenvalue weighted by Gasteiger charge is 2.19. The number of aromatic nitrogens is 3. The second kappa shape index (κ2) is 7.05. The van der Waals surface area contributed by atoms with Crippen LogP contribution in [0, 0.1) is 6.92 Å². The first kappa shape index (κ1) is 16.0. The fourth-order valence-corrected chi connectivity index (χ4v) is 2.93. The van der Waals surface area contributed by atoms with Crippen LogP contribution in [0.25, 0.3) is 0 Å². The molecule has 114 valence electrons. The predicted molar refractivity (Wildman–Crippen MR) is 86.7 cm³/mol. The topological polar surface area (TPSA) is 42.7 Å². The summed E-state index contributed by atoms with van der Waals surface area (Å²) >= 11 is 6.47. The van der Waals surface area contributed by atoms with E-state index in [1.165, 1.54) is 11.1 Å². The van der Waals surface area contributed by atoms with Gasteiger partial charge in [-0.25, -0.2) is 0 Å². The molecule has 1 unspecified atom stereocenters. The Hall–Kier alpha value is -1.39. The minimum absolute atomic E-state index is 0.194. The molecule has 0 amide bonds. The van der Waals surface area contributed by atoms with Crippen LogP contribution in [-0.2, 0) is 19.9 Å². The lowest BCUT2D eigenvalue weighted by molar-refractivity contribution is 0.527. The van der Waals surface area contributed by atoms with Gasteiger partial charge in [-0.05, 0) is 31.0 Å². The van der Waals surface area contributed by atoms with Crippen LogP contribution < -0.4 is 5.32 Å². The van der Waals surface area contributed by atoms with Gasteiger partial charge in [0, 0.05) is 31.9 Å². The first-order valence-electron chi connectivity index (χ1n) is 7.41. The third-order valence-corrected chi connectivity index (χ3v) is 4.09. The zero-order chi connectivity index (χ0) is 15.4. The summed E-state index contributed by atoms with van der Waals surface area (Å²) in [6, 6.07) is 2.37. The van der Waals surface area contributed by atoms with Crippen molar-refractivity contribution >= 4 is 11.6 Å². The average Bonchev–Trinajstić information content (AvgIpc) is 2.74. The van der Waals surface area contributed by atoms with Crippen LogP contribution in [0.3, 0.4) is 0 Å². The third kappa shape index (κ3) is 3.63. The highest BCUT2D eigenvalue weighted by molar-refractivity contribution is 6.31. The van der Waals surface area contributed by atoms with Gasteiger partial charge in [0.05, 0.1) is 16.4 Å². The molecule has 0 fully saturated rings. The summed E-state index contributed by atoms with van der Waals surface area (Å²) in [5.74, 6) is 0. The molecule has 1 N–H and O–H groups in total. The number of hydrogen-bond donors (Lipinski definition) is 1. The number of nitrogens with one attached hydrogen (secondary N) is 1.